The maximum Gasteiger partial charge on any atom is 0.258 e. The molecule has 30 heavy (non-hydrogen) atoms. The number of hydrogen-bond acceptors (Lipinski definition) is 6. The molecule has 0 aliphatic carbocycles. The number of carbonyl (C=O) groups is 1. The second-order valence-electron chi connectivity index (χ2n) is 6.85. The Morgan fingerprint density at radius 1 is 1.20 bits per heavy atom. The molecule has 1 aliphatic rings. The van der Waals surface area contributed by atoms with Gasteiger partial charge in [-0.2, -0.15) is 5.10 Å². The molecule has 1 saturated heterocycles. The summed E-state index contributed by atoms with van der Waals surface area (Å²) in [5.41, 5.74) is 1.78. The molecular weight excluding hydrogens is 389 g/mol. The summed E-state index contributed by atoms with van der Waals surface area (Å²) in [5, 5.41) is 9.61. The van der Waals surface area contributed by atoms with Crippen LogP contribution in [0.1, 0.15) is 10.4 Å². The van der Waals surface area contributed by atoms with Crippen molar-refractivity contribution in [2.45, 2.75) is 0 Å². The number of benzene rings is 1. The molecule has 4 heterocycles. The Labute approximate surface area is 170 Å². The van der Waals surface area contributed by atoms with Crippen molar-refractivity contribution in [1.82, 2.24) is 25.1 Å². The number of amides is 1. The van der Waals surface area contributed by atoms with Crippen LogP contribution in [0.2, 0.25) is 0 Å². The quantitative estimate of drug-likeness (QED) is 0.479. The highest BCUT2D eigenvalue weighted by molar-refractivity contribution is 6.03. The number of halogens is 1. The van der Waals surface area contributed by atoms with Crippen LogP contribution < -0.4 is 10.2 Å². The largest absolute Gasteiger partial charge is 0.378 e. The predicted molar refractivity (Wildman–Crippen MR) is 109 cm³/mol. The highest BCUT2D eigenvalue weighted by Crippen LogP contribution is 2.22. The van der Waals surface area contributed by atoms with Crippen LogP contribution in [0.25, 0.3) is 22.6 Å². The lowest BCUT2D eigenvalue weighted by molar-refractivity contribution is 0.102. The first-order chi connectivity index (χ1) is 14.7. The van der Waals surface area contributed by atoms with Gasteiger partial charge in [0, 0.05) is 25.4 Å². The van der Waals surface area contributed by atoms with Crippen LogP contribution in [0.15, 0.2) is 42.6 Å². The first kappa shape index (κ1) is 18.3. The molecule has 3 aromatic heterocycles. The van der Waals surface area contributed by atoms with Gasteiger partial charge in [0.05, 0.1) is 24.3 Å². The summed E-state index contributed by atoms with van der Waals surface area (Å²) in [5.74, 6) is 0.836. The topological polar surface area (TPSA) is 112 Å². The zero-order valence-electron chi connectivity index (χ0n) is 15.9. The van der Waals surface area contributed by atoms with Gasteiger partial charge in [-0.1, -0.05) is 6.07 Å². The van der Waals surface area contributed by atoms with Gasteiger partial charge < -0.3 is 19.9 Å². The number of nitrogens with one attached hydrogen (secondary N) is 3. The zero-order chi connectivity index (χ0) is 20.5. The average molecular weight is 407 g/mol. The number of H-pyrrole nitrogens is 2. The SMILES string of the molecule is O=C(Nc1cc(-c2nc3c(F)cccc3[nH]2)[nH]n1)c1ccc(N2CCOCC2)nc1. The lowest BCUT2D eigenvalue weighted by Gasteiger charge is -2.27. The smallest absolute Gasteiger partial charge is 0.258 e. The highest BCUT2D eigenvalue weighted by atomic mass is 19.1. The summed E-state index contributed by atoms with van der Waals surface area (Å²) >= 11 is 0. The van der Waals surface area contributed by atoms with Crippen LogP contribution in [-0.2, 0) is 4.74 Å². The van der Waals surface area contributed by atoms with Gasteiger partial charge in [0.15, 0.2) is 17.5 Å². The molecular formula is C20H18FN7O2. The van der Waals surface area contributed by atoms with E-state index in [1.807, 2.05) is 6.07 Å². The average Bonchev–Trinajstić information content (AvgIpc) is 3.42. The van der Waals surface area contributed by atoms with Crippen molar-refractivity contribution < 1.29 is 13.9 Å². The van der Waals surface area contributed by atoms with Crippen molar-refractivity contribution in [3.63, 3.8) is 0 Å². The van der Waals surface area contributed by atoms with E-state index < -0.39 is 5.82 Å². The van der Waals surface area contributed by atoms with Gasteiger partial charge >= 0.3 is 0 Å². The van der Waals surface area contributed by atoms with E-state index in [0.29, 0.717) is 41.6 Å². The Bertz CT molecular complexity index is 1200. The second-order valence-corrected chi connectivity index (χ2v) is 6.85. The van der Waals surface area contributed by atoms with Crippen molar-refractivity contribution >= 4 is 28.6 Å². The van der Waals surface area contributed by atoms with Gasteiger partial charge in [-0.25, -0.2) is 14.4 Å². The van der Waals surface area contributed by atoms with E-state index in [0.717, 1.165) is 18.9 Å². The van der Waals surface area contributed by atoms with Crippen LogP contribution in [0, 0.1) is 5.82 Å². The number of nitrogens with zero attached hydrogens (tertiary/aromatic N) is 4. The molecule has 1 fully saturated rings. The Hall–Kier alpha value is -3.79. The number of anilines is 2. The molecule has 3 N–H and O–H groups in total. The van der Waals surface area contributed by atoms with Crippen molar-refractivity contribution in [2.75, 3.05) is 36.5 Å². The number of imidazole rings is 1. The minimum Gasteiger partial charge on any atom is -0.378 e. The van der Waals surface area contributed by atoms with Gasteiger partial charge in [-0.3, -0.25) is 9.89 Å². The summed E-state index contributed by atoms with van der Waals surface area (Å²) in [6.07, 6.45) is 1.54. The monoisotopic (exact) mass is 407 g/mol. The summed E-state index contributed by atoms with van der Waals surface area (Å²) in [4.78, 5) is 26.3. The number of pyridine rings is 1. The minimum absolute atomic E-state index is 0.249. The number of aromatic nitrogens is 5. The first-order valence-electron chi connectivity index (χ1n) is 9.47. The third-order valence-corrected chi connectivity index (χ3v) is 4.88. The summed E-state index contributed by atoms with van der Waals surface area (Å²) < 4.78 is 19.2. The van der Waals surface area contributed by atoms with Gasteiger partial charge in [-0.15, -0.1) is 0 Å². The molecule has 10 heteroatoms. The third-order valence-electron chi connectivity index (χ3n) is 4.88. The molecule has 9 nitrogen and oxygen atoms in total. The number of hydrogen-bond donors (Lipinski definition) is 3. The lowest BCUT2D eigenvalue weighted by Crippen LogP contribution is -2.36. The summed E-state index contributed by atoms with van der Waals surface area (Å²) in [7, 11) is 0. The maximum absolute atomic E-state index is 13.8. The molecule has 4 aromatic rings. The Kier molecular flexibility index (Phi) is 4.60. The summed E-state index contributed by atoms with van der Waals surface area (Å²) in [6, 6.07) is 9.87. The number of fused-ring (bicyclic) bond motifs is 1. The maximum atomic E-state index is 13.8. The second kappa shape index (κ2) is 7.56. The van der Waals surface area contributed by atoms with Gasteiger partial charge in [0.25, 0.3) is 5.91 Å². The van der Waals surface area contributed by atoms with Crippen LogP contribution >= 0.6 is 0 Å². The lowest BCUT2D eigenvalue weighted by atomic mass is 10.2. The van der Waals surface area contributed by atoms with Crippen LogP contribution in [-0.4, -0.2) is 57.4 Å². The van der Waals surface area contributed by atoms with Crippen LogP contribution in [0.4, 0.5) is 16.0 Å². The molecule has 152 valence electrons. The van der Waals surface area contributed by atoms with E-state index in [4.69, 9.17) is 4.74 Å². The Morgan fingerprint density at radius 2 is 2.07 bits per heavy atom. The fourth-order valence-corrected chi connectivity index (χ4v) is 3.32. The number of morpholine rings is 1. The third kappa shape index (κ3) is 3.48. The standard InChI is InChI=1S/C20H18FN7O2/c21-13-2-1-3-14-18(13)25-19(23-14)15-10-16(27-26-15)24-20(29)12-4-5-17(22-11-12)28-6-8-30-9-7-28/h1-5,10-11H,6-9H2,(H,23,25)(H2,24,26,27,29). The minimum atomic E-state index is -0.406. The van der Waals surface area contributed by atoms with Gasteiger partial charge in [0.2, 0.25) is 0 Å². The number of rotatable bonds is 4. The fraction of sp³-hybridized carbons (Fsp3) is 0.200. The van der Waals surface area contributed by atoms with Crippen LogP contribution in [0.3, 0.4) is 0 Å². The molecule has 0 bridgehead atoms. The molecule has 0 saturated carbocycles. The number of para-hydroxylation sites is 1. The Balaban J connectivity index is 1.29. The molecule has 5 rings (SSSR count). The van der Waals surface area contributed by atoms with Gasteiger partial charge in [-0.05, 0) is 24.3 Å². The predicted octanol–water partition coefficient (Wildman–Crippen LogP) is 2.58. The zero-order valence-corrected chi connectivity index (χ0v) is 15.9. The molecule has 0 atom stereocenters. The van der Waals surface area contributed by atoms with E-state index in [1.54, 1.807) is 24.3 Å². The van der Waals surface area contributed by atoms with Crippen molar-refractivity contribution in [3.05, 3.63) is 54.0 Å². The molecule has 1 aliphatic heterocycles. The molecule has 1 aromatic carbocycles. The number of carbonyl (C=O) groups excluding carboxylic acids is 1. The van der Waals surface area contributed by atoms with E-state index in [1.165, 1.54) is 12.3 Å². The molecule has 0 unspecified atom stereocenters. The van der Waals surface area contributed by atoms with Crippen molar-refractivity contribution in [1.29, 1.82) is 0 Å². The first-order valence-corrected chi connectivity index (χ1v) is 9.47. The molecule has 1 amide bonds. The summed E-state index contributed by atoms with van der Waals surface area (Å²) in [6.45, 7) is 2.90. The van der Waals surface area contributed by atoms with Crippen molar-refractivity contribution in [2.24, 2.45) is 0 Å². The van der Waals surface area contributed by atoms with Crippen molar-refractivity contribution in [3.8, 4) is 11.5 Å². The number of aromatic amines is 2. The van der Waals surface area contributed by atoms with Gasteiger partial charge in [0.1, 0.15) is 17.0 Å². The van der Waals surface area contributed by atoms with Crippen LogP contribution in [0.5, 0.6) is 0 Å². The van der Waals surface area contributed by atoms with E-state index in [-0.39, 0.29) is 11.4 Å². The fourth-order valence-electron chi connectivity index (χ4n) is 3.32. The molecule has 0 spiro atoms. The number of ether oxygens (including phenoxy) is 1. The Morgan fingerprint density at radius 3 is 2.83 bits per heavy atom. The van der Waals surface area contributed by atoms with E-state index in [2.05, 4.69) is 35.4 Å². The van der Waals surface area contributed by atoms with E-state index >= 15 is 0 Å². The molecule has 0 radical (unpaired) electrons. The van der Waals surface area contributed by atoms with E-state index in [9.17, 15) is 9.18 Å². The highest BCUT2D eigenvalue weighted by Gasteiger charge is 2.15. The normalized spacial score (nSPS) is 14.2.